The minimum Gasteiger partial charge on any atom is -0.292 e. The normalized spacial score (nSPS) is 13.1. The minimum absolute atomic E-state index is 0.0537. The first kappa shape index (κ1) is 15.2. The Labute approximate surface area is 137 Å². The summed E-state index contributed by atoms with van der Waals surface area (Å²) in [7, 11) is 0. The summed E-state index contributed by atoms with van der Waals surface area (Å²) in [5, 5.41) is 10.7. The van der Waals surface area contributed by atoms with E-state index in [0.717, 1.165) is 22.5 Å². The monoisotopic (exact) mass is 327 g/mol. The van der Waals surface area contributed by atoms with E-state index in [2.05, 4.69) is 4.98 Å². The van der Waals surface area contributed by atoms with Gasteiger partial charge in [0.1, 0.15) is 4.99 Å². The van der Waals surface area contributed by atoms with Crippen molar-refractivity contribution in [2.24, 2.45) is 0 Å². The average molecular weight is 327 g/mol. The van der Waals surface area contributed by atoms with E-state index in [1.165, 1.54) is 29.2 Å². The number of fused-ring (bicyclic) bond motifs is 1. The molecule has 0 fully saturated rings. The molecule has 1 aliphatic rings. The zero-order valence-electron chi connectivity index (χ0n) is 12.6. The van der Waals surface area contributed by atoms with Crippen molar-refractivity contribution in [3.05, 3.63) is 68.5 Å². The number of carbonyl (C=O) groups excluding carboxylic acids is 1. The van der Waals surface area contributed by atoms with Crippen LogP contribution in [0.3, 0.4) is 0 Å². The highest BCUT2D eigenvalue weighted by atomic mass is 32.1. The Balaban J connectivity index is 1.91. The lowest BCUT2D eigenvalue weighted by Crippen LogP contribution is -2.30. The number of benzene rings is 1. The van der Waals surface area contributed by atoms with E-state index in [9.17, 15) is 14.9 Å². The highest BCUT2D eigenvalue weighted by molar-refractivity contribution is 7.80. The predicted molar refractivity (Wildman–Crippen MR) is 88.4 cm³/mol. The number of rotatable bonds is 2. The molecule has 0 spiro atoms. The van der Waals surface area contributed by atoms with E-state index in [0.29, 0.717) is 17.1 Å². The van der Waals surface area contributed by atoms with E-state index in [1.54, 1.807) is 0 Å². The number of aromatic nitrogens is 1. The second-order valence-corrected chi connectivity index (χ2v) is 5.79. The molecule has 0 saturated carbocycles. The SMILES string of the molecule is Cc1cc(C)c2c(n1)CN(C(=O)c1ccc([N+](=O)[O-])cc1)C2=S. The van der Waals surface area contributed by atoms with Crippen LogP contribution in [0.2, 0.25) is 0 Å². The first-order valence-electron chi connectivity index (χ1n) is 6.96. The van der Waals surface area contributed by atoms with Gasteiger partial charge in [0.15, 0.2) is 0 Å². The molecule has 1 aromatic carbocycles. The fourth-order valence-corrected chi connectivity index (χ4v) is 3.15. The van der Waals surface area contributed by atoms with Gasteiger partial charge >= 0.3 is 0 Å². The molecule has 6 nitrogen and oxygen atoms in total. The van der Waals surface area contributed by atoms with Crippen molar-refractivity contribution in [3.63, 3.8) is 0 Å². The van der Waals surface area contributed by atoms with Gasteiger partial charge in [-0.05, 0) is 37.6 Å². The third-order valence-corrected chi connectivity index (χ3v) is 4.18. The molecule has 0 N–H and O–H groups in total. The number of thiocarbonyl (C=S) groups is 1. The summed E-state index contributed by atoms with van der Waals surface area (Å²) in [4.78, 5) is 29.2. The third kappa shape index (κ3) is 2.59. The first-order chi connectivity index (χ1) is 10.9. The second-order valence-electron chi connectivity index (χ2n) is 5.40. The van der Waals surface area contributed by atoms with Gasteiger partial charge in [0.05, 0.1) is 17.2 Å². The lowest BCUT2D eigenvalue weighted by molar-refractivity contribution is -0.384. The Morgan fingerprint density at radius 3 is 2.57 bits per heavy atom. The van der Waals surface area contributed by atoms with Crippen LogP contribution in [0.1, 0.15) is 32.9 Å². The van der Waals surface area contributed by atoms with Gasteiger partial charge in [-0.15, -0.1) is 0 Å². The molecule has 1 aromatic heterocycles. The first-order valence-corrected chi connectivity index (χ1v) is 7.37. The molecule has 23 heavy (non-hydrogen) atoms. The summed E-state index contributed by atoms with van der Waals surface area (Å²) >= 11 is 5.43. The van der Waals surface area contributed by atoms with Crippen molar-refractivity contribution < 1.29 is 9.72 Å². The van der Waals surface area contributed by atoms with Crippen LogP contribution in [-0.4, -0.2) is 25.7 Å². The summed E-state index contributed by atoms with van der Waals surface area (Å²) in [5.41, 5.74) is 3.82. The molecule has 0 saturated heterocycles. The van der Waals surface area contributed by atoms with E-state index in [4.69, 9.17) is 12.2 Å². The zero-order valence-corrected chi connectivity index (χ0v) is 13.4. The predicted octanol–water partition coefficient (Wildman–Crippen LogP) is 2.94. The topological polar surface area (TPSA) is 76.3 Å². The number of non-ortho nitro benzene ring substituents is 1. The molecule has 2 heterocycles. The molecule has 1 amide bonds. The standard InChI is InChI=1S/C16H13N3O3S/c1-9-7-10(2)17-13-8-18(16(23)14(9)13)15(20)11-3-5-12(6-4-11)19(21)22/h3-7H,8H2,1-2H3. The number of carbonyl (C=O) groups is 1. The fourth-order valence-electron chi connectivity index (χ4n) is 2.72. The van der Waals surface area contributed by atoms with Crippen LogP contribution in [0.15, 0.2) is 30.3 Å². The number of nitro groups is 1. The van der Waals surface area contributed by atoms with Gasteiger partial charge in [-0.25, -0.2) is 0 Å². The fraction of sp³-hybridized carbons (Fsp3) is 0.188. The molecule has 2 aromatic rings. The van der Waals surface area contributed by atoms with Gasteiger partial charge in [0, 0.05) is 29.0 Å². The number of hydrogen-bond acceptors (Lipinski definition) is 5. The van der Waals surface area contributed by atoms with Gasteiger partial charge < -0.3 is 0 Å². The van der Waals surface area contributed by atoms with Crippen molar-refractivity contribution >= 4 is 28.8 Å². The Morgan fingerprint density at radius 2 is 1.96 bits per heavy atom. The molecule has 0 atom stereocenters. The van der Waals surface area contributed by atoms with Crippen LogP contribution in [0.5, 0.6) is 0 Å². The number of pyridine rings is 1. The molecule has 0 unspecified atom stereocenters. The van der Waals surface area contributed by atoms with Crippen LogP contribution < -0.4 is 0 Å². The Kier molecular flexibility index (Phi) is 3.65. The number of amides is 1. The summed E-state index contributed by atoms with van der Waals surface area (Å²) in [6, 6.07) is 7.44. The summed E-state index contributed by atoms with van der Waals surface area (Å²) < 4.78 is 0. The lowest BCUT2D eigenvalue weighted by atomic mass is 10.1. The second kappa shape index (κ2) is 5.51. The number of nitro benzene ring substituents is 1. The molecule has 116 valence electrons. The Morgan fingerprint density at radius 1 is 1.30 bits per heavy atom. The van der Waals surface area contributed by atoms with E-state index in [1.807, 2.05) is 19.9 Å². The van der Waals surface area contributed by atoms with Gasteiger partial charge in [-0.1, -0.05) is 12.2 Å². The molecule has 0 bridgehead atoms. The van der Waals surface area contributed by atoms with Gasteiger partial charge in [-0.3, -0.25) is 24.8 Å². The molecule has 7 heteroatoms. The number of hydrogen-bond donors (Lipinski definition) is 0. The highest BCUT2D eigenvalue weighted by Gasteiger charge is 2.32. The van der Waals surface area contributed by atoms with Gasteiger partial charge in [-0.2, -0.15) is 0 Å². The van der Waals surface area contributed by atoms with Gasteiger partial charge in [0.25, 0.3) is 11.6 Å². The highest BCUT2D eigenvalue weighted by Crippen LogP contribution is 2.27. The smallest absolute Gasteiger partial charge is 0.269 e. The Hall–Kier alpha value is -2.67. The van der Waals surface area contributed by atoms with Crippen molar-refractivity contribution in [1.82, 2.24) is 9.88 Å². The molecule has 1 aliphatic heterocycles. The molecular weight excluding hydrogens is 314 g/mol. The molecule has 0 aliphatic carbocycles. The van der Waals surface area contributed by atoms with E-state index in [-0.39, 0.29) is 11.6 Å². The van der Waals surface area contributed by atoms with Crippen LogP contribution in [0.4, 0.5) is 5.69 Å². The maximum atomic E-state index is 12.6. The van der Waals surface area contributed by atoms with Crippen molar-refractivity contribution in [1.29, 1.82) is 0 Å². The van der Waals surface area contributed by atoms with E-state index < -0.39 is 4.92 Å². The molecule has 3 rings (SSSR count). The lowest BCUT2D eigenvalue weighted by Gasteiger charge is -2.15. The number of nitrogens with zero attached hydrogens (tertiary/aromatic N) is 3. The largest absolute Gasteiger partial charge is 0.292 e. The summed E-state index contributed by atoms with van der Waals surface area (Å²) in [5.74, 6) is -0.278. The minimum atomic E-state index is -0.499. The zero-order chi connectivity index (χ0) is 16.7. The number of aryl methyl sites for hydroxylation is 2. The van der Waals surface area contributed by atoms with Crippen LogP contribution in [0.25, 0.3) is 0 Å². The third-order valence-electron chi connectivity index (χ3n) is 3.76. The van der Waals surface area contributed by atoms with Crippen molar-refractivity contribution in [3.8, 4) is 0 Å². The molecular formula is C16H13N3O3S. The maximum absolute atomic E-state index is 12.6. The van der Waals surface area contributed by atoms with Gasteiger partial charge in [0.2, 0.25) is 0 Å². The summed E-state index contributed by atoms with van der Waals surface area (Å²) in [6.45, 7) is 4.17. The van der Waals surface area contributed by atoms with Crippen molar-refractivity contribution in [2.45, 2.75) is 20.4 Å². The van der Waals surface area contributed by atoms with Crippen LogP contribution in [0, 0.1) is 24.0 Å². The van der Waals surface area contributed by atoms with E-state index >= 15 is 0 Å². The molecule has 0 radical (unpaired) electrons. The van der Waals surface area contributed by atoms with Crippen molar-refractivity contribution in [2.75, 3.05) is 0 Å². The Bertz CT molecular complexity index is 846. The average Bonchev–Trinajstić information content (AvgIpc) is 2.83. The summed E-state index contributed by atoms with van der Waals surface area (Å²) in [6.07, 6.45) is 0. The van der Waals surface area contributed by atoms with Crippen LogP contribution in [-0.2, 0) is 6.54 Å². The quantitative estimate of drug-likeness (QED) is 0.481. The van der Waals surface area contributed by atoms with Crippen LogP contribution >= 0.6 is 12.2 Å². The maximum Gasteiger partial charge on any atom is 0.269 e.